The second kappa shape index (κ2) is 7.81. The van der Waals surface area contributed by atoms with Crippen molar-refractivity contribution in [3.8, 4) is 0 Å². The summed E-state index contributed by atoms with van der Waals surface area (Å²) in [6, 6.07) is 4.57. The molecule has 1 heterocycles. The number of carbonyl (C=O) groups excluding carboxylic acids is 1. The summed E-state index contributed by atoms with van der Waals surface area (Å²) in [5.41, 5.74) is 0.379. The van der Waals surface area contributed by atoms with Gasteiger partial charge < -0.3 is 10.2 Å². The molecule has 6 heteroatoms. The van der Waals surface area contributed by atoms with E-state index in [1.54, 1.807) is 24.1 Å². The lowest BCUT2D eigenvalue weighted by molar-refractivity contribution is -0.135. The smallest absolute Gasteiger partial charge is 0.227 e. The molecule has 1 amide bonds. The Bertz CT molecular complexity index is 444. The fourth-order valence-electron chi connectivity index (χ4n) is 2.37. The van der Waals surface area contributed by atoms with Crippen LogP contribution in [-0.4, -0.2) is 30.9 Å². The minimum absolute atomic E-state index is 0. The number of halogens is 3. The molecule has 0 bridgehead atoms. The molecule has 1 fully saturated rings. The number of benzene rings is 1. The molecule has 112 valence electrons. The van der Waals surface area contributed by atoms with Crippen molar-refractivity contribution in [3.05, 3.63) is 34.6 Å². The van der Waals surface area contributed by atoms with Gasteiger partial charge in [0, 0.05) is 30.7 Å². The monoisotopic (exact) mass is 320 g/mol. The number of nitrogens with zero attached hydrogens (tertiary/aromatic N) is 1. The summed E-state index contributed by atoms with van der Waals surface area (Å²) >= 11 is 5.97. The molecule has 1 aromatic rings. The molecule has 1 aromatic carbocycles. The predicted octanol–water partition coefficient (Wildman–Crippen LogP) is 2.86. The minimum atomic E-state index is -0.367. The van der Waals surface area contributed by atoms with Crippen LogP contribution in [0.4, 0.5) is 4.39 Å². The zero-order chi connectivity index (χ0) is 13.8. The van der Waals surface area contributed by atoms with Crippen LogP contribution in [0.2, 0.25) is 5.02 Å². The molecule has 1 N–H and O–H groups in total. The molecule has 2 rings (SSSR count). The summed E-state index contributed by atoms with van der Waals surface area (Å²) < 4.78 is 13.7. The van der Waals surface area contributed by atoms with Crippen molar-refractivity contribution in [1.29, 1.82) is 0 Å². The van der Waals surface area contributed by atoms with Gasteiger partial charge in [0.05, 0.1) is 5.92 Å². The Morgan fingerprint density at radius 1 is 1.55 bits per heavy atom. The van der Waals surface area contributed by atoms with Gasteiger partial charge in [-0.3, -0.25) is 4.79 Å². The van der Waals surface area contributed by atoms with Crippen LogP contribution in [0.1, 0.15) is 18.4 Å². The van der Waals surface area contributed by atoms with Gasteiger partial charge in [0.25, 0.3) is 0 Å². The third kappa shape index (κ3) is 4.08. The molecule has 1 atom stereocenters. The average molecular weight is 321 g/mol. The molecule has 20 heavy (non-hydrogen) atoms. The SMILES string of the molecule is CN(Cc1c(F)cccc1Cl)C(=O)[C@@H]1CCCNC1.Cl. The van der Waals surface area contributed by atoms with E-state index in [-0.39, 0.29) is 36.6 Å². The highest BCUT2D eigenvalue weighted by Crippen LogP contribution is 2.21. The third-order valence-electron chi connectivity index (χ3n) is 3.48. The van der Waals surface area contributed by atoms with Crippen molar-refractivity contribution in [2.45, 2.75) is 19.4 Å². The molecule has 3 nitrogen and oxygen atoms in total. The van der Waals surface area contributed by atoms with Gasteiger partial charge in [0.15, 0.2) is 0 Å². The van der Waals surface area contributed by atoms with Gasteiger partial charge in [0.2, 0.25) is 5.91 Å². The Kier molecular flexibility index (Phi) is 6.72. The number of rotatable bonds is 3. The van der Waals surface area contributed by atoms with E-state index < -0.39 is 0 Å². The van der Waals surface area contributed by atoms with Gasteiger partial charge in [-0.05, 0) is 31.5 Å². The topological polar surface area (TPSA) is 32.3 Å². The maximum Gasteiger partial charge on any atom is 0.227 e. The second-order valence-corrected chi connectivity index (χ2v) is 5.34. The highest BCUT2D eigenvalue weighted by Gasteiger charge is 2.24. The minimum Gasteiger partial charge on any atom is -0.341 e. The molecule has 0 radical (unpaired) electrons. The van der Waals surface area contributed by atoms with Crippen molar-refractivity contribution in [2.75, 3.05) is 20.1 Å². The van der Waals surface area contributed by atoms with Gasteiger partial charge in [-0.2, -0.15) is 0 Å². The molecule has 0 saturated carbocycles. The van der Waals surface area contributed by atoms with Crippen molar-refractivity contribution >= 4 is 29.9 Å². The van der Waals surface area contributed by atoms with Crippen LogP contribution in [0.3, 0.4) is 0 Å². The van der Waals surface area contributed by atoms with E-state index >= 15 is 0 Å². The van der Waals surface area contributed by atoms with Crippen LogP contribution in [0.5, 0.6) is 0 Å². The maximum absolute atomic E-state index is 13.7. The number of hydrogen-bond acceptors (Lipinski definition) is 2. The van der Waals surface area contributed by atoms with Gasteiger partial charge in [0.1, 0.15) is 5.82 Å². The zero-order valence-corrected chi connectivity index (χ0v) is 12.9. The number of piperidine rings is 1. The molecule has 0 spiro atoms. The first-order valence-corrected chi connectivity index (χ1v) is 6.86. The molecule has 0 aliphatic carbocycles. The van der Waals surface area contributed by atoms with Gasteiger partial charge >= 0.3 is 0 Å². The largest absolute Gasteiger partial charge is 0.341 e. The Balaban J connectivity index is 0.00000200. The average Bonchev–Trinajstić information content (AvgIpc) is 2.43. The molecule has 0 unspecified atom stereocenters. The Morgan fingerprint density at radius 2 is 2.30 bits per heavy atom. The number of carbonyl (C=O) groups is 1. The highest BCUT2D eigenvalue weighted by molar-refractivity contribution is 6.31. The van der Waals surface area contributed by atoms with E-state index in [4.69, 9.17) is 11.6 Å². The number of hydrogen-bond donors (Lipinski definition) is 1. The standard InChI is InChI=1S/C14H18ClFN2O.ClH/c1-18(14(19)10-4-3-7-17-8-10)9-11-12(15)5-2-6-13(11)16;/h2,5-6,10,17H,3-4,7-9H2,1H3;1H/t10-;/m1./s1. The lowest BCUT2D eigenvalue weighted by Crippen LogP contribution is -2.41. The van der Waals surface area contributed by atoms with Crippen molar-refractivity contribution < 1.29 is 9.18 Å². The summed E-state index contributed by atoms with van der Waals surface area (Å²) in [5, 5.41) is 3.57. The van der Waals surface area contributed by atoms with E-state index in [0.29, 0.717) is 17.1 Å². The fourth-order valence-corrected chi connectivity index (χ4v) is 2.60. The van der Waals surface area contributed by atoms with Crippen LogP contribution >= 0.6 is 24.0 Å². The Morgan fingerprint density at radius 3 is 2.90 bits per heavy atom. The molecule has 1 aliphatic rings. The third-order valence-corrected chi connectivity index (χ3v) is 3.83. The van der Waals surface area contributed by atoms with Crippen LogP contribution in [-0.2, 0) is 11.3 Å². The first kappa shape index (κ1) is 17.2. The molecular weight excluding hydrogens is 302 g/mol. The number of amides is 1. The normalized spacial score (nSPS) is 18.2. The van der Waals surface area contributed by atoms with Gasteiger partial charge in [-0.25, -0.2) is 4.39 Å². The summed E-state index contributed by atoms with van der Waals surface area (Å²) in [6.45, 7) is 1.88. The van der Waals surface area contributed by atoms with E-state index in [1.165, 1.54) is 6.07 Å². The van der Waals surface area contributed by atoms with E-state index in [2.05, 4.69) is 5.32 Å². The number of nitrogens with one attached hydrogen (secondary N) is 1. The van der Waals surface area contributed by atoms with E-state index in [0.717, 1.165) is 19.4 Å². The van der Waals surface area contributed by atoms with Crippen LogP contribution in [0, 0.1) is 11.7 Å². The zero-order valence-electron chi connectivity index (χ0n) is 11.4. The van der Waals surface area contributed by atoms with E-state index in [9.17, 15) is 9.18 Å². The first-order chi connectivity index (χ1) is 9.09. The maximum atomic E-state index is 13.7. The highest BCUT2D eigenvalue weighted by atomic mass is 35.5. The molecule has 1 saturated heterocycles. The lowest BCUT2D eigenvalue weighted by Gasteiger charge is -2.27. The molecule has 1 aliphatic heterocycles. The van der Waals surface area contributed by atoms with Crippen LogP contribution in [0.15, 0.2) is 18.2 Å². The molecular formula is C14H19Cl2FN2O. The molecule has 0 aromatic heterocycles. The van der Waals surface area contributed by atoms with Crippen molar-refractivity contribution in [1.82, 2.24) is 10.2 Å². The van der Waals surface area contributed by atoms with Crippen molar-refractivity contribution in [3.63, 3.8) is 0 Å². The fraction of sp³-hybridized carbons (Fsp3) is 0.500. The Labute approximate surface area is 129 Å². The lowest BCUT2D eigenvalue weighted by atomic mass is 9.98. The second-order valence-electron chi connectivity index (χ2n) is 4.94. The quantitative estimate of drug-likeness (QED) is 0.928. The first-order valence-electron chi connectivity index (χ1n) is 6.48. The summed E-state index contributed by atoms with van der Waals surface area (Å²) in [6.07, 6.45) is 1.89. The van der Waals surface area contributed by atoms with Gasteiger partial charge in [-0.1, -0.05) is 17.7 Å². The van der Waals surface area contributed by atoms with Crippen LogP contribution < -0.4 is 5.32 Å². The van der Waals surface area contributed by atoms with Gasteiger partial charge in [-0.15, -0.1) is 12.4 Å². The van der Waals surface area contributed by atoms with Crippen LogP contribution in [0.25, 0.3) is 0 Å². The summed E-state index contributed by atoms with van der Waals surface area (Å²) in [5.74, 6) is -0.329. The summed E-state index contributed by atoms with van der Waals surface area (Å²) in [4.78, 5) is 13.8. The summed E-state index contributed by atoms with van der Waals surface area (Å²) in [7, 11) is 1.69. The Hall–Kier alpha value is -0.840. The van der Waals surface area contributed by atoms with E-state index in [1.807, 2.05) is 0 Å². The predicted molar refractivity (Wildman–Crippen MR) is 80.7 cm³/mol. The van der Waals surface area contributed by atoms with Crippen molar-refractivity contribution in [2.24, 2.45) is 5.92 Å².